The van der Waals surface area contributed by atoms with E-state index >= 15 is 0 Å². The maximum atomic E-state index is 14.1. The fourth-order valence-electron chi connectivity index (χ4n) is 5.06. The van der Waals surface area contributed by atoms with E-state index in [0.29, 0.717) is 18.0 Å². The second-order valence-electron chi connectivity index (χ2n) is 8.69. The second-order valence-corrected chi connectivity index (χ2v) is 8.69. The molecule has 3 atom stereocenters. The van der Waals surface area contributed by atoms with Gasteiger partial charge in [-0.1, -0.05) is 6.07 Å². The summed E-state index contributed by atoms with van der Waals surface area (Å²) < 4.78 is 14.1. The first-order valence-corrected chi connectivity index (χ1v) is 10.8. The van der Waals surface area contributed by atoms with Crippen molar-refractivity contribution < 1.29 is 14.0 Å². The average Bonchev–Trinajstić information content (AvgIpc) is 3.18. The standard InChI is InChI=1S/C22H31FN4O2/c1-14-6-7-19(23)18-13-20(25-21(14)18)22(29)24-16-4-3-5-17(12-16)27-10-8-26(9-11-27)15(2)28/h6-7,16-17,20,25H,3-5,8-13H2,1-2H3,(H,24,29)/t16-,17?,20?/m0/s1. The second kappa shape index (κ2) is 8.30. The molecular formula is C22H31FN4O2. The van der Waals surface area contributed by atoms with Crippen molar-refractivity contribution in [3.8, 4) is 0 Å². The number of fused-ring (bicyclic) bond motifs is 1. The fourth-order valence-corrected chi connectivity index (χ4v) is 5.06. The minimum Gasteiger partial charge on any atom is -0.373 e. The van der Waals surface area contributed by atoms with E-state index < -0.39 is 6.04 Å². The van der Waals surface area contributed by atoms with Gasteiger partial charge in [-0.2, -0.15) is 0 Å². The van der Waals surface area contributed by atoms with Crippen molar-refractivity contribution in [2.75, 3.05) is 31.5 Å². The van der Waals surface area contributed by atoms with Crippen molar-refractivity contribution in [3.05, 3.63) is 29.1 Å². The average molecular weight is 403 g/mol. The third-order valence-electron chi connectivity index (χ3n) is 6.78. The number of amides is 2. The number of hydrogen-bond acceptors (Lipinski definition) is 4. The van der Waals surface area contributed by atoms with E-state index in [1.54, 1.807) is 13.0 Å². The number of carbonyl (C=O) groups excluding carboxylic acids is 2. The van der Waals surface area contributed by atoms with Gasteiger partial charge in [0.1, 0.15) is 11.9 Å². The van der Waals surface area contributed by atoms with Crippen LogP contribution in [-0.4, -0.2) is 65.9 Å². The number of carbonyl (C=O) groups is 2. The van der Waals surface area contributed by atoms with E-state index in [4.69, 9.17) is 0 Å². The number of nitrogens with one attached hydrogen (secondary N) is 2. The van der Waals surface area contributed by atoms with Crippen LogP contribution in [0.25, 0.3) is 0 Å². The normalized spacial score (nSPS) is 27.3. The third-order valence-corrected chi connectivity index (χ3v) is 6.78. The summed E-state index contributed by atoms with van der Waals surface area (Å²) in [6.07, 6.45) is 4.57. The molecule has 2 heterocycles. The molecule has 0 bridgehead atoms. The predicted octanol–water partition coefficient (Wildman–Crippen LogP) is 2.06. The molecular weight excluding hydrogens is 371 g/mol. The zero-order valence-corrected chi connectivity index (χ0v) is 17.3. The van der Waals surface area contributed by atoms with E-state index in [2.05, 4.69) is 15.5 Å². The van der Waals surface area contributed by atoms with E-state index in [1.165, 1.54) is 6.07 Å². The van der Waals surface area contributed by atoms with Gasteiger partial charge in [-0.25, -0.2) is 4.39 Å². The summed E-state index contributed by atoms with van der Waals surface area (Å²) in [6, 6.07) is 3.44. The Labute approximate surface area is 171 Å². The summed E-state index contributed by atoms with van der Waals surface area (Å²) in [7, 11) is 0. The van der Waals surface area contributed by atoms with Gasteiger partial charge < -0.3 is 15.5 Å². The third kappa shape index (κ3) is 4.25. The highest BCUT2D eigenvalue weighted by molar-refractivity contribution is 5.88. The zero-order chi connectivity index (χ0) is 20.5. The maximum absolute atomic E-state index is 14.1. The number of piperazine rings is 1. The number of nitrogens with zero attached hydrogens (tertiary/aromatic N) is 2. The number of aryl methyl sites for hydroxylation is 1. The predicted molar refractivity (Wildman–Crippen MR) is 110 cm³/mol. The molecule has 2 unspecified atom stereocenters. The molecule has 1 aliphatic carbocycles. The van der Waals surface area contributed by atoms with Gasteiger partial charge in [0.2, 0.25) is 11.8 Å². The summed E-state index contributed by atoms with van der Waals surface area (Å²) in [4.78, 5) is 28.8. The lowest BCUT2D eigenvalue weighted by molar-refractivity contribution is -0.131. The molecule has 1 saturated heterocycles. The summed E-state index contributed by atoms with van der Waals surface area (Å²) in [6.45, 7) is 6.95. The first-order valence-electron chi connectivity index (χ1n) is 10.8. The molecule has 3 aliphatic rings. The van der Waals surface area contributed by atoms with Crippen LogP contribution < -0.4 is 10.6 Å². The summed E-state index contributed by atoms with van der Waals surface area (Å²) in [5.41, 5.74) is 2.36. The van der Waals surface area contributed by atoms with E-state index in [-0.39, 0.29) is 23.7 Å². The summed E-state index contributed by atoms with van der Waals surface area (Å²) >= 11 is 0. The zero-order valence-electron chi connectivity index (χ0n) is 17.3. The molecule has 4 rings (SSSR count). The molecule has 2 amide bonds. The molecule has 0 aromatic heterocycles. The highest BCUT2D eigenvalue weighted by Crippen LogP contribution is 2.32. The molecule has 158 valence electrons. The Kier molecular flexibility index (Phi) is 5.76. The first kappa shape index (κ1) is 20.1. The highest BCUT2D eigenvalue weighted by atomic mass is 19.1. The number of halogens is 1. The Morgan fingerprint density at radius 3 is 2.62 bits per heavy atom. The summed E-state index contributed by atoms with van der Waals surface area (Å²) in [5.74, 6) is -0.127. The number of hydrogen-bond donors (Lipinski definition) is 2. The number of benzene rings is 1. The molecule has 7 heteroatoms. The lowest BCUT2D eigenvalue weighted by Crippen LogP contribution is -2.54. The molecule has 2 fully saturated rings. The van der Waals surface area contributed by atoms with Crippen molar-refractivity contribution in [2.24, 2.45) is 0 Å². The Morgan fingerprint density at radius 2 is 1.93 bits per heavy atom. The van der Waals surface area contributed by atoms with Crippen LogP contribution in [-0.2, 0) is 16.0 Å². The van der Waals surface area contributed by atoms with Gasteiger partial charge in [0.05, 0.1) is 0 Å². The molecule has 0 spiro atoms. The Hall–Kier alpha value is -2.15. The van der Waals surface area contributed by atoms with Gasteiger partial charge in [-0.15, -0.1) is 0 Å². The Morgan fingerprint density at radius 1 is 1.17 bits per heavy atom. The van der Waals surface area contributed by atoms with Crippen LogP contribution >= 0.6 is 0 Å². The van der Waals surface area contributed by atoms with Gasteiger partial charge in [-0.3, -0.25) is 14.5 Å². The van der Waals surface area contributed by atoms with E-state index in [9.17, 15) is 14.0 Å². The van der Waals surface area contributed by atoms with Gasteiger partial charge in [0.15, 0.2) is 0 Å². The molecule has 29 heavy (non-hydrogen) atoms. The summed E-state index contributed by atoms with van der Waals surface area (Å²) in [5, 5.41) is 6.44. The topological polar surface area (TPSA) is 64.7 Å². The molecule has 2 N–H and O–H groups in total. The lowest BCUT2D eigenvalue weighted by atomic mass is 9.89. The highest BCUT2D eigenvalue weighted by Gasteiger charge is 2.34. The van der Waals surface area contributed by atoms with Gasteiger partial charge in [-0.05, 0) is 44.2 Å². The van der Waals surface area contributed by atoms with Gasteiger partial charge in [0, 0.05) is 62.9 Å². The fraction of sp³-hybridized carbons (Fsp3) is 0.636. The Balaban J connectivity index is 1.31. The van der Waals surface area contributed by atoms with Crippen LogP contribution in [0.1, 0.15) is 43.7 Å². The molecule has 1 saturated carbocycles. The maximum Gasteiger partial charge on any atom is 0.243 e. The largest absolute Gasteiger partial charge is 0.373 e. The molecule has 2 aliphatic heterocycles. The van der Waals surface area contributed by atoms with Crippen molar-refractivity contribution in [1.29, 1.82) is 0 Å². The van der Waals surface area contributed by atoms with Crippen molar-refractivity contribution in [2.45, 2.75) is 64.1 Å². The van der Waals surface area contributed by atoms with Crippen molar-refractivity contribution in [3.63, 3.8) is 0 Å². The van der Waals surface area contributed by atoms with Crippen LogP contribution in [0.5, 0.6) is 0 Å². The SMILES string of the molecule is CC(=O)N1CCN(C2CCC[C@H](NC(=O)C3Cc4c(F)ccc(C)c4N3)C2)CC1. The smallest absolute Gasteiger partial charge is 0.243 e. The number of anilines is 1. The van der Waals surface area contributed by atoms with Crippen molar-refractivity contribution in [1.82, 2.24) is 15.1 Å². The van der Waals surface area contributed by atoms with Crippen molar-refractivity contribution >= 4 is 17.5 Å². The molecule has 6 nitrogen and oxygen atoms in total. The quantitative estimate of drug-likeness (QED) is 0.812. The lowest BCUT2D eigenvalue weighted by Gasteiger charge is -2.42. The van der Waals surface area contributed by atoms with E-state index in [1.807, 2.05) is 11.8 Å². The van der Waals surface area contributed by atoms with E-state index in [0.717, 1.165) is 63.1 Å². The minimum atomic E-state index is -0.403. The van der Waals surface area contributed by atoms with Crippen LogP contribution in [0.2, 0.25) is 0 Å². The first-order chi connectivity index (χ1) is 13.9. The number of rotatable bonds is 3. The van der Waals surface area contributed by atoms with Gasteiger partial charge >= 0.3 is 0 Å². The van der Waals surface area contributed by atoms with Crippen LogP contribution in [0.4, 0.5) is 10.1 Å². The van der Waals surface area contributed by atoms with Crippen LogP contribution in [0, 0.1) is 12.7 Å². The molecule has 1 aromatic carbocycles. The van der Waals surface area contributed by atoms with Crippen LogP contribution in [0.3, 0.4) is 0 Å². The molecule has 1 aromatic rings. The van der Waals surface area contributed by atoms with Crippen LogP contribution in [0.15, 0.2) is 12.1 Å². The monoisotopic (exact) mass is 402 g/mol. The van der Waals surface area contributed by atoms with Gasteiger partial charge in [0.25, 0.3) is 0 Å². The Bertz CT molecular complexity index is 760. The minimum absolute atomic E-state index is 0.0351. The molecule has 0 radical (unpaired) electrons.